The van der Waals surface area contributed by atoms with Crippen molar-refractivity contribution in [1.29, 1.82) is 5.26 Å². The van der Waals surface area contributed by atoms with Gasteiger partial charge in [-0.25, -0.2) is 13.6 Å². The number of nitrogens with zero attached hydrogens (tertiary/aromatic N) is 2. The molecule has 222 valence electrons. The summed E-state index contributed by atoms with van der Waals surface area (Å²) in [5.74, 6) is -2.94. The summed E-state index contributed by atoms with van der Waals surface area (Å²) in [4.78, 5) is 25.2. The average Bonchev–Trinajstić information content (AvgIpc) is 3.19. The van der Waals surface area contributed by atoms with E-state index >= 15 is 8.78 Å². The van der Waals surface area contributed by atoms with Crippen molar-refractivity contribution in [2.45, 2.75) is 50.3 Å². The first-order valence-electron chi connectivity index (χ1n) is 13.1. The molecule has 0 saturated carbocycles. The minimum atomic E-state index is -1.83. The second-order valence-electron chi connectivity index (χ2n) is 11.1. The second kappa shape index (κ2) is 12.4. The van der Waals surface area contributed by atoms with E-state index in [1.54, 1.807) is 7.05 Å². The van der Waals surface area contributed by atoms with Crippen molar-refractivity contribution in [3.8, 4) is 6.07 Å². The molecule has 1 aliphatic heterocycles. The second-order valence-corrected chi connectivity index (χ2v) is 11.9. The molecular formula is C30H30Cl2F2N4O4. The normalized spacial score (nSPS) is 22.0. The van der Waals surface area contributed by atoms with Gasteiger partial charge in [-0.05, 0) is 48.1 Å². The summed E-state index contributed by atoms with van der Waals surface area (Å²) in [5.41, 5.74) is -2.77. The van der Waals surface area contributed by atoms with Gasteiger partial charge in [-0.2, -0.15) is 5.26 Å². The zero-order valence-corrected chi connectivity index (χ0v) is 24.6. The van der Waals surface area contributed by atoms with Crippen LogP contribution in [0.3, 0.4) is 0 Å². The number of rotatable bonds is 8. The van der Waals surface area contributed by atoms with Crippen LogP contribution in [0.15, 0.2) is 59.5 Å². The van der Waals surface area contributed by atoms with Crippen molar-refractivity contribution in [3.05, 3.63) is 97.9 Å². The summed E-state index contributed by atoms with van der Waals surface area (Å²) >= 11 is 12.2. The fourth-order valence-electron chi connectivity index (χ4n) is 5.61. The highest BCUT2D eigenvalue weighted by Crippen LogP contribution is 2.53. The predicted molar refractivity (Wildman–Crippen MR) is 155 cm³/mol. The van der Waals surface area contributed by atoms with E-state index in [-0.39, 0.29) is 45.4 Å². The van der Waals surface area contributed by atoms with Crippen LogP contribution in [0.2, 0.25) is 10.0 Å². The topological polar surface area (TPSA) is 116 Å². The molecule has 0 unspecified atom stereocenters. The van der Waals surface area contributed by atoms with Gasteiger partial charge in [-0.1, -0.05) is 55.2 Å². The third-order valence-electron chi connectivity index (χ3n) is 7.72. The van der Waals surface area contributed by atoms with Crippen molar-refractivity contribution in [2.24, 2.45) is 12.5 Å². The number of hydrogen-bond donors (Lipinski definition) is 3. The van der Waals surface area contributed by atoms with Crippen LogP contribution in [-0.4, -0.2) is 34.6 Å². The number of aliphatic hydroxyl groups is 1. The lowest BCUT2D eigenvalue weighted by atomic mass is 9.63. The predicted octanol–water partition coefficient (Wildman–Crippen LogP) is 5.86. The summed E-state index contributed by atoms with van der Waals surface area (Å²) < 4.78 is 38.5. The van der Waals surface area contributed by atoms with E-state index in [1.165, 1.54) is 53.2 Å². The van der Waals surface area contributed by atoms with Gasteiger partial charge in [0.1, 0.15) is 17.0 Å². The van der Waals surface area contributed by atoms with Crippen molar-refractivity contribution in [2.75, 3.05) is 11.9 Å². The van der Waals surface area contributed by atoms with Gasteiger partial charge in [0.25, 0.3) is 5.56 Å². The highest BCUT2D eigenvalue weighted by molar-refractivity contribution is 6.31. The number of benzene rings is 2. The lowest BCUT2D eigenvalue weighted by Gasteiger charge is -2.38. The van der Waals surface area contributed by atoms with Crippen LogP contribution in [0, 0.1) is 28.4 Å². The van der Waals surface area contributed by atoms with Gasteiger partial charge in [-0.15, -0.1) is 0 Å². The Kier molecular flexibility index (Phi) is 9.28. The zero-order valence-electron chi connectivity index (χ0n) is 23.1. The Morgan fingerprint density at radius 2 is 1.98 bits per heavy atom. The van der Waals surface area contributed by atoms with E-state index in [0.717, 1.165) is 6.07 Å². The van der Waals surface area contributed by atoms with E-state index in [4.69, 9.17) is 27.9 Å². The number of carbonyl (C=O) groups is 1. The van der Waals surface area contributed by atoms with Gasteiger partial charge in [0.15, 0.2) is 6.23 Å². The highest BCUT2D eigenvalue weighted by atomic mass is 35.5. The average molecular weight is 619 g/mol. The Bertz CT molecular complexity index is 1590. The minimum absolute atomic E-state index is 0.0697. The van der Waals surface area contributed by atoms with Gasteiger partial charge >= 0.3 is 6.09 Å². The van der Waals surface area contributed by atoms with Gasteiger partial charge in [0, 0.05) is 42.5 Å². The molecule has 2 aromatic carbocycles. The number of carbonyl (C=O) groups excluding carboxylic acids is 1. The number of amides is 1. The van der Waals surface area contributed by atoms with E-state index in [1.807, 2.05) is 13.8 Å². The van der Waals surface area contributed by atoms with Crippen LogP contribution in [0.4, 0.5) is 19.3 Å². The van der Waals surface area contributed by atoms with Gasteiger partial charge in [0.2, 0.25) is 0 Å². The SMILES string of the molecule is Cn1ccc(NC(=O)O[C@H]2N[C@@H](CC(C)(C)CCO)[C@](C#N)(c3ccc(Cl)cc3F)[C@H]2c2cccc(Cl)c2F)cc1=O. The molecule has 1 aromatic heterocycles. The fourth-order valence-corrected chi connectivity index (χ4v) is 5.95. The van der Waals surface area contributed by atoms with E-state index < -0.39 is 46.7 Å². The standard InChI is InChI=1S/C30H30Cl2F2N4O4/c1-29(2,10-12-39)15-23-30(16-35,20-8-7-17(31)13-22(20)33)25(19-5-4-6-21(32)26(19)34)27(37-23)42-28(41)36-18-9-11-38(3)24(40)14-18/h4-9,11,13-14,23,25,27,37,39H,10,12,15H2,1-3H3,(H,36,41)/t23-,25-,27+,30-/m0/s1. The van der Waals surface area contributed by atoms with Crippen molar-refractivity contribution in [1.82, 2.24) is 9.88 Å². The molecule has 3 N–H and O–H groups in total. The first-order valence-corrected chi connectivity index (χ1v) is 13.9. The Morgan fingerprint density at radius 3 is 2.62 bits per heavy atom. The summed E-state index contributed by atoms with van der Waals surface area (Å²) in [7, 11) is 1.55. The molecule has 1 amide bonds. The Labute approximate surface area is 251 Å². The van der Waals surface area contributed by atoms with Crippen LogP contribution < -0.4 is 16.2 Å². The fraction of sp³-hybridized carbons (Fsp3) is 0.367. The monoisotopic (exact) mass is 618 g/mol. The number of nitrogens with one attached hydrogen (secondary N) is 2. The zero-order chi connectivity index (χ0) is 30.8. The molecule has 1 aliphatic rings. The van der Waals surface area contributed by atoms with Gasteiger partial charge in [0.05, 0.1) is 22.7 Å². The summed E-state index contributed by atoms with van der Waals surface area (Å²) in [6.07, 6.45) is -0.334. The van der Waals surface area contributed by atoms with E-state index in [2.05, 4.69) is 16.7 Å². The molecule has 42 heavy (non-hydrogen) atoms. The number of aliphatic hydroxyl groups excluding tert-OH is 1. The summed E-state index contributed by atoms with van der Waals surface area (Å²) in [5, 5.41) is 26.1. The number of pyridine rings is 1. The number of anilines is 1. The molecule has 4 atom stereocenters. The number of aryl methyl sites for hydroxylation is 1. The molecule has 8 nitrogen and oxygen atoms in total. The number of ether oxygens (including phenoxy) is 1. The number of aromatic nitrogens is 1. The number of nitriles is 1. The van der Waals surface area contributed by atoms with Gasteiger partial charge in [-0.3, -0.25) is 15.4 Å². The third-order valence-corrected chi connectivity index (χ3v) is 8.24. The van der Waals surface area contributed by atoms with Crippen LogP contribution in [-0.2, 0) is 17.2 Å². The molecule has 1 fully saturated rings. The lowest BCUT2D eigenvalue weighted by molar-refractivity contribution is 0.0846. The Balaban J connectivity index is 1.88. The van der Waals surface area contributed by atoms with Crippen LogP contribution >= 0.6 is 23.2 Å². The molecule has 0 radical (unpaired) electrons. The van der Waals surface area contributed by atoms with E-state index in [9.17, 15) is 20.0 Å². The Hall–Kier alpha value is -3.49. The van der Waals surface area contributed by atoms with E-state index in [0.29, 0.717) is 6.42 Å². The smallest absolute Gasteiger partial charge is 0.413 e. The summed E-state index contributed by atoms with van der Waals surface area (Å²) in [6, 6.07) is 12.1. The molecule has 1 saturated heterocycles. The number of hydrogen-bond acceptors (Lipinski definition) is 6. The van der Waals surface area contributed by atoms with Crippen LogP contribution in [0.5, 0.6) is 0 Å². The molecule has 12 heteroatoms. The Morgan fingerprint density at radius 1 is 1.24 bits per heavy atom. The maximum absolute atomic E-state index is 15.7. The molecule has 0 aliphatic carbocycles. The maximum Gasteiger partial charge on any atom is 0.413 e. The maximum atomic E-state index is 15.7. The molecular weight excluding hydrogens is 589 g/mol. The largest absolute Gasteiger partial charge is 0.429 e. The quantitative estimate of drug-likeness (QED) is 0.291. The lowest BCUT2D eigenvalue weighted by Crippen LogP contribution is -2.45. The minimum Gasteiger partial charge on any atom is -0.429 e. The van der Waals surface area contributed by atoms with Crippen molar-refractivity contribution < 1.29 is 23.4 Å². The molecule has 0 spiro atoms. The number of halogens is 4. The molecule has 2 heterocycles. The van der Waals surface area contributed by atoms with Crippen LogP contribution in [0.25, 0.3) is 0 Å². The molecule has 4 rings (SSSR count). The van der Waals surface area contributed by atoms with Gasteiger partial charge < -0.3 is 14.4 Å². The third kappa shape index (κ3) is 6.15. The first-order chi connectivity index (χ1) is 19.8. The van der Waals surface area contributed by atoms with Crippen molar-refractivity contribution in [3.63, 3.8) is 0 Å². The van der Waals surface area contributed by atoms with Crippen LogP contribution in [0.1, 0.15) is 43.7 Å². The molecule has 3 aromatic rings. The first kappa shape index (κ1) is 31.4. The highest BCUT2D eigenvalue weighted by Gasteiger charge is 2.61. The molecule has 0 bridgehead atoms. The summed E-state index contributed by atoms with van der Waals surface area (Å²) in [6.45, 7) is 3.61. The van der Waals surface area contributed by atoms with Crippen molar-refractivity contribution >= 4 is 35.0 Å².